The predicted octanol–water partition coefficient (Wildman–Crippen LogP) is 7.03. The van der Waals surface area contributed by atoms with Crippen LogP contribution in [-0.4, -0.2) is 5.91 Å². The van der Waals surface area contributed by atoms with Crippen molar-refractivity contribution in [2.24, 2.45) is 17.8 Å². The van der Waals surface area contributed by atoms with E-state index in [0.717, 1.165) is 29.0 Å². The van der Waals surface area contributed by atoms with Gasteiger partial charge < -0.3 is 5.32 Å². The minimum atomic E-state index is 0.0126. The molecule has 4 bridgehead atoms. The molecule has 29 heavy (non-hydrogen) atoms. The van der Waals surface area contributed by atoms with Crippen LogP contribution in [-0.2, 0) is 16.6 Å². The van der Waals surface area contributed by atoms with Crippen LogP contribution < -0.4 is 5.32 Å². The monoisotopic (exact) mass is 427 g/mol. The highest BCUT2D eigenvalue weighted by Gasteiger charge is 2.51. The van der Waals surface area contributed by atoms with E-state index >= 15 is 0 Å². The Labute approximate surface area is 183 Å². The molecule has 2 aromatic carbocycles. The van der Waals surface area contributed by atoms with Crippen molar-refractivity contribution >= 4 is 34.8 Å². The first-order chi connectivity index (χ1) is 14.0. The number of amides is 1. The van der Waals surface area contributed by atoms with Crippen LogP contribution >= 0.6 is 23.2 Å². The molecule has 1 amide bonds. The molecule has 6 rings (SSSR count). The van der Waals surface area contributed by atoms with Gasteiger partial charge in [0.1, 0.15) is 0 Å². The fraction of sp³-hybridized carbons (Fsp3) is 0.480. The Morgan fingerprint density at radius 1 is 0.931 bits per heavy atom. The Bertz CT molecular complexity index is 886. The third-order valence-electron chi connectivity index (χ3n) is 7.46. The van der Waals surface area contributed by atoms with Crippen LogP contribution in [0.4, 0.5) is 5.69 Å². The fourth-order valence-corrected chi connectivity index (χ4v) is 7.07. The molecule has 0 spiro atoms. The molecule has 0 radical (unpaired) electrons. The molecule has 4 heteroatoms. The molecule has 2 aromatic rings. The SMILES string of the molecule is O=C(CCc1ccc(Cl)cc1Cl)Nc1ccc(C23CC4CC(CC(C4)C2)C3)cc1. The number of halogens is 2. The molecule has 0 unspecified atom stereocenters. The molecule has 2 nitrogen and oxygen atoms in total. The molecule has 4 saturated carbocycles. The van der Waals surface area contributed by atoms with Crippen LogP contribution in [0.1, 0.15) is 56.1 Å². The standard InChI is InChI=1S/C25H27Cl2NO/c26-21-5-1-19(23(27)12-21)2-8-24(29)28-22-6-3-20(4-7-22)25-13-16-9-17(14-25)11-18(10-16)15-25/h1,3-7,12,16-18H,2,8-11,13-15H2,(H,28,29). The van der Waals surface area contributed by atoms with Gasteiger partial charge >= 0.3 is 0 Å². The van der Waals surface area contributed by atoms with Gasteiger partial charge in [-0.05, 0) is 104 Å². The Morgan fingerprint density at radius 3 is 2.14 bits per heavy atom. The molecule has 4 aliphatic carbocycles. The van der Waals surface area contributed by atoms with Gasteiger partial charge in [0.05, 0.1) is 0 Å². The summed E-state index contributed by atoms with van der Waals surface area (Å²) in [5.41, 5.74) is 3.72. The summed E-state index contributed by atoms with van der Waals surface area (Å²) in [6.45, 7) is 0. The summed E-state index contributed by atoms with van der Waals surface area (Å²) < 4.78 is 0. The van der Waals surface area contributed by atoms with E-state index < -0.39 is 0 Å². The van der Waals surface area contributed by atoms with E-state index in [2.05, 4.69) is 29.6 Å². The maximum absolute atomic E-state index is 12.4. The van der Waals surface area contributed by atoms with E-state index in [9.17, 15) is 4.79 Å². The maximum Gasteiger partial charge on any atom is 0.224 e. The molecule has 0 aliphatic heterocycles. The highest BCUT2D eigenvalue weighted by atomic mass is 35.5. The minimum absolute atomic E-state index is 0.0126. The number of nitrogens with one attached hydrogen (secondary N) is 1. The number of rotatable bonds is 5. The Hall–Kier alpha value is -1.51. The van der Waals surface area contributed by atoms with Crippen LogP contribution in [0.25, 0.3) is 0 Å². The van der Waals surface area contributed by atoms with Gasteiger partial charge in [-0.25, -0.2) is 0 Å². The van der Waals surface area contributed by atoms with E-state index in [4.69, 9.17) is 23.2 Å². The van der Waals surface area contributed by atoms with Crippen LogP contribution in [0.2, 0.25) is 10.0 Å². The highest BCUT2D eigenvalue weighted by Crippen LogP contribution is 2.60. The van der Waals surface area contributed by atoms with Crippen molar-refractivity contribution in [1.29, 1.82) is 0 Å². The zero-order chi connectivity index (χ0) is 20.0. The number of anilines is 1. The predicted molar refractivity (Wildman–Crippen MR) is 120 cm³/mol. The molecule has 1 N–H and O–H groups in total. The smallest absolute Gasteiger partial charge is 0.224 e. The molecular formula is C25H27Cl2NO. The Kier molecular flexibility index (Phi) is 5.12. The van der Waals surface area contributed by atoms with E-state index in [-0.39, 0.29) is 5.91 Å². The van der Waals surface area contributed by atoms with E-state index in [0.29, 0.717) is 28.3 Å². The lowest BCUT2D eigenvalue weighted by atomic mass is 9.48. The largest absolute Gasteiger partial charge is 0.326 e. The second-order valence-corrected chi connectivity index (χ2v) is 10.4. The molecule has 4 fully saturated rings. The van der Waals surface area contributed by atoms with Gasteiger partial charge in [0, 0.05) is 22.2 Å². The van der Waals surface area contributed by atoms with E-state index in [1.165, 1.54) is 44.1 Å². The van der Waals surface area contributed by atoms with Gasteiger partial charge in [0.25, 0.3) is 0 Å². The van der Waals surface area contributed by atoms with Crippen molar-refractivity contribution in [3.05, 3.63) is 63.6 Å². The number of aryl methyl sites for hydroxylation is 1. The average Bonchev–Trinajstić information content (AvgIpc) is 2.67. The van der Waals surface area contributed by atoms with Crippen molar-refractivity contribution in [2.75, 3.05) is 5.32 Å². The second kappa shape index (κ2) is 7.63. The zero-order valence-electron chi connectivity index (χ0n) is 16.6. The van der Waals surface area contributed by atoms with Crippen LogP contribution in [0.15, 0.2) is 42.5 Å². The van der Waals surface area contributed by atoms with Gasteiger partial charge in [-0.2, -0.15) is 0 Å². The summed E-state index contributed by atoms with van der Waals surface area (Å²) in [4.78, 5) is 12.4. The number of carbonyl (C=O) groups is 1. The number of hydrogen-bond donors (Lipinski definition) is 1. The lowest BCUT2D eigenvalue weighted by Gasteiger charge is -2.57. The highest BCUT2D eigenvalue weighted by molar-refractivity contribution is 6.35. The fourth-order valence-electron chi connectivity index (χ4n) is 6.57. The van der Waals surface area contributed by atoms with Crippen molar-refractivity contribution in [3.8, 4) is 0 Å². The summed E-state index contributed by atoms with van der Waals surface area (Å²) in [6, 6.07) is 14.1. The van der Waals surface area contributed by atoms with Crippen molar-refractivity contribution in [1.82, 2.24) is 0 Å². The van der Waals surface area contributed by atoms with Gasteiger partial charge in [0.15, 0.2) is 0 Å². The third-order valence-corrected chi connectivity index (χ3v) is 8.04. The van der Waals surface area contributed by atoms with Gasteiger partial charge in [-0.15, -0.1) is 0 Å². The van der Waals surface area contributed by atoms with E-state index in [1.807, 2.05) is 12.1 Å². The zero-order valence-corrected chi connectivity index (χ0v) is 18.1. The molecule has 0 saturated heterocycles. The van der Waals surface area contributed by atoms with Crippen LogP contribution in [0, 0.1) is 17.8 Å². The minimum Gasteiger partial charge on any atom is -0.326 e. The van der Waals surface area contributed by atoms with Gasteiger partial charge in [-0.1, -0.05) is 41.4 Å². The number of benzene rings is 2. The lowest BCUT2D eigenvalue weighted by Crippen LogP contribution is -2.48. The summed E-state index contributed by atoms with van der Waals surface area (Å²) >= 11 is 12.1. The normalized spacial score (nSPS) is 29.8. The molecule has 0 atom stereocenters. The second-order valence-electron chi connectivity index (χ2n) is 9.56. The average molecular weight is 428 g/mol. The first-order valence-corrected chi connectivity index (χ1v) is 11.6. The van der Waals surface area contributed by atoms with E-state index in [1.54, 1.807) is 6.07 Å². The quantitative estimate of drug-likeness (QED) is 0.544. The Morgan fingerprint density at radius 2 is 1.55 bits per heavy atom. The number of hydrogen-bond acceptors (Lipinski definition) is 1. The summed E-state index contributed by atoms with van der Waals surface area (Å²) in [6.07, 6.45) is 9.50. The lowest BCUT2D eigenvalue weighted by molar-refractivity contribution is -0.116. The molecule has 152 valence electrons. The van der Waals surface area contributed by atoms with Crippen molar-refractivity contribution in [2.45, 2.75) is 56.8 Å². The van der Waals surface area contributed by atoms with Gasteiger partial charge in [0.2, 0.25) is 5.91 Å². The van der Waals surface area contributed by atoms with Crippen LogP contribution in [0.3, 0.4) is 0 Å². The Balaban J connectivity index is 1.21. The maximum atomic E-state index is 12.4. The molecule has 4 aliphatic rings. The van der Waals surface area contributed by atoms with Crippen LogP contribution in [0.5, 0.6) is 0 Å². The topological polar surface area (TPSA) is 29.1 Å². The molecule has 0 aromatic heterocycles. The number of carbonyl (C=O) groups excluding carboxylic acids is 1. The molecular weight excluding hydrogens is 401 g/mol. The molecule has 0 heterocycles. The first-order valence-electron chi connectivity index (χ1n) is 10.8. The first kappa shape index (κ1) is 19.5. The summed E-state index contributed by atoms with van der Waals surface area (Å²) in [7, 11) is 0. The van der Waals surface area contributed by atoms with Gasteiger partial charge in [-0.3, -0.25) is 4.79 Å². The van der Waals surface area contributed by atoms with Crippen molar-refractivity contribution < 1.29 is 4.79 Å². The summed E-state index contributed by atoms with van der Waals surface area (Å²) in [5.74, 6) is 2.85. The third kappa shape index (κ3) is 3.94. The summed E-state index contributed by atoms with van der Waals surface area (Å²) in [5, 5.41) is 4.27. The van der Waals surface area contributed by atoms with Crippen molar-refractivity contribution in [3.63, 3.8) is 0 Å².